The number of benzene rings is 3. The molecule has 25 heavy (non-hydrogen) atoms. The first-order valence-electron chi connectivity index (χ1n) is 8.30. The molecule has 2 nitrogen and oxygen atoms in total. The Labute approximate surface area is 151 Å². The smallest absolute Gasteiger partial charge is 0.270 e. The fraction of sp³-hybridized carbons (Fsp3) is 0.0455. The minimum absolute atomic E-state index is 1.09. The number of anilines is 1. The standard InChI is InChI=1S/C22H18N2S/c1-17-11-13-18(14-12-17)23-16-15-22-24(19-7-3-2-4-8-19)20-9-5-6-10-21(20)25-22/h2-16H,1H3/p+1. The van der Waals surface area contributed by atoms with Gasteiger partial charge in [-0.15, -0.1) is 4.57 Å². The van der Waals surface area contributed by atoms with Crippen LogP contribution in [-0.2, 0) is 0 Å². The normalized spacial score (nSPS) is 11.2. The number of hydrogen-bond donors (Lipinski definition) is 1. The molecule has 0 atom stereocenters. The summed E-state index contributed by atoms with van der Waals surface area (Å²) in [5.41, 5.74) is 4.76. The largest absolute Gasteiger partial charge is 0.361 e. The van der Waals surface area contributed by atoms with Gasteiger partial charge in [-0.3, -0.25) is 0 Å². The van der Waals surface area contributed by atoms with Crippen molar-refractivity contribution in [2.45, 2.75) is 6.92 Å². The zero-order chi connectivity index (χ0) is 17.1. The summed E-state index contributed by atoms with van der Waals surface area (Å²) in [6.45, 7) is 2.10. The van der Waals surface area contributed by atoms with Gasteiger partial charge in [-0.1, -0.05) is 59.4 Å². The van der Waals surface area contributed by atoms with Crippen molar-refractivity contribution in [3.8, 4) is 5.69 Å². The van der Waals surface area contributed by atoms with Crippen molar-refractivity contribution in [1.82, 2.24) is 0 Å². The molecular formula is C22H19N2S+. The fourth-order valence-electron chi connectivity index (χ4n) is 2.82. The molecule has 0 radical (unpaired) electrons. The molecule has 1 heterocycles. The Kier molecular flexibility index (Phi) is 4.32. The summed E-state index contributed by atoms with van der Waals surface area (Å²) >= 11 is 1.79. The molecule has 3 aromatic carbocycles. The summed E-state index contributed by atoms with van der Waals surface area (Å²) in [6.07, 6.45) is 4.15. The number of nitrogens with zero attached hydrogens (tertiary/aromatic N) is 1. The van der Waals surface area contributed by atoms with Crippen molar-refractivity contribution >= 4 is 33.3 Å². The average molecular weight is 343 g/mol. The first-order valence-corrected chi connectivity index (χ1v) is 9.12. The summed E-state index contributed by atoms with van der Waals surface area (Å²) < 4.78 is 3.58. The van der Waals surface area contributed by atoms with Gasteiger partial charge in [-0.2, -0.15) is 0 Å². The van der Waals surface area contributed by atoms with Crippen molar-refractivity contribution in [2.75, 3.05) is 5.32 Å². The second-order valence-electron chi connectivity index (χ2n) is 5.92. The van der Waals surface area contributed by atoms with E-state index in [0.717, 1.165) is 5.69 Å². The molecule has 1 aromatic heterocycles. The number of aromatic nitrogens is 1. The molecule has 0 aliphatic rings. The zero-order valence-corrected chi connectivity index (χ0v) is 14.8. The molecule has 4 rings (SSSR count). The highest BCUT2D eigenvalue weighted by molar-refractivity contribution is 7.18. The van der Waals surface area contributed by atoms with E-state index in [1.54, 1.807) is 11.3 Å². The van der Waals surface area contributed by atoms with E-state index in [1.807, 2.05) is 12.3 Å². The lowest BCUT2D eigenvalue weighted by Gasteiger charge is -2.00. The number of thiazole rings is 1. The van der Waals surface area contributed by atoms with E-state index < -0.39 is 0 Å². The van der Waals surface area contributed by atoms with Crippen LogP contribution in [0.2, 0.25) is 0 Å². The molecule has 0 saturated carbocycles. The molecule has 1 N–H and O–H groups in total. The molecule has 0 saturated heterocycles. The van der Waals surface area contributed by atoms with Gasteiger partial charge < -0.3 is 5.32 Å². The second kappa shape index (κ2) is 6.91. The third-order valence-electron chi connectivity index (χ3n) is 4.08. The van der Waals surface area contributed by atoms with Gasteiger partial charge in [0.2, 0.25) is 11.2 Å². The van der Waals surface area contributed by atoms with Crippen molar-refractivity contribution in [2.24, 2.45) is 0 Å². The van der Waals surface area contributed by atoms with Crippen LogP contribution in [0.1, 0.15) is 10.6 Å². The lowest BCUT2D eigenvalue weighted by Crippen LogP contribution is -2.31. The molecule has 0 aliphatic carbocycles. The van der Waals surface area contributed by atoms with Gasteiger partial charge in [-0.25, -0.2) is 0 Å². The summed E-state index contributed by atoms with van der Waals surface area (Å²) in [4.78, 5) is 0. The lowest BCUT2D eigenvalue weighted by molar-refractivity contribution is -0.564. The Morgan fingerprint density at radius 3 is 2.36 bits per heavy atom. The molecule has 0 aliphatic heterocycles. The lowest BCUT2D eigenvalue weighted by atomic mass is 10.2. The Hall–Kier alpha value is -2.91. The number of aryl methyl sites for hydroxylation is 1. The highest BCUT2D eigenvalue weighted by Crippen LogP contribution is 2.23. The van der Waals surface area contributed by atoms with E-state index in [0.29, 0.717) is 0 Å². The monoisotopic (exact) mass is 343 g/mol. The summed E-state index contributed by atoms with van der Waals surface area (Å²) in [5.74, 6) is 0. The van der Waals surface area contributed by atoms with E-state index in [4.69, 9.17) is 0 Å². The molecule has 0 amide bonds. The number of fused-ring (bicyclic) bond motifs is 1. The van der Waals surface area contributed by atoms with Gasteiger partial charge in [0.15, 0.2) is 0 Å². The van der Waals surface area contributed by atoms with Gasteiger partial charge >= 0.3 is 0 Å². The Morgan fingerprint density at radius 1 is 0.840 bits per heavy atom. The van der Waals surface area contributed by atoms with Crippen LogP contribution in [0, 0.1) is 6.92 Å². The maximum atomic E-state index is 3.36. The van der Waals surface area contributed by atoms with E-state index in [1.165, 1.54) is 26.5 Å². The van der Waals surface area contributed by atoms with Crippen LogP contribution in [0.25, 0.3) is 22.0 Å². The van der Waals surface area contributed by atoms with E-state index in [2.05, 4.69) is 95.7 Å². The number of nitrogens with one attached hydrogen (secondary N) is 1. The van der Waals surface area contributed by atoms with E-state index in [9.17, 15) is 0 Å². The maximum Gasteiger partial charge on any atom is 0.270 e. The predicted octanol–water partition coefficient (Wildman–Crippen LogP) is 5.57. The van der Waals surface area contributed by atoms with Crippen LogP contribution in [0.3, 0.4) is 0 Å². The molecule has 3 heteroatoms. The summed E-state index contributed by atoms with van der Waals surface area (Å²) in [5, 5.41) is 4.54. The quantitative estimate of drug-likeness (QED) is 0.479. The van der Waals surface area contributed by atoms with Gasteiger partial charge in [0.25, 0.3) is 5.01 Å². The predicted molar refractivity (Wildman–Crippen MR) is 107 cm³/mol. The zero-order valence-electron chi connectivity index (χ0n) is 14.0. The van der Waals surface area contributed by atoms with E-state index in [-0.39, 0.29) is 0 Å². The Balaban J connectivity index is 1.71. The van der Waals surface area contributed by atoms with Crippen molar-refractivity contribution < 1.29 is 4.57 Å². The first-order chi connectivity index (χ1) is 12.3. The average Bonchev–Trinajstić information content (AvgIpc) is 3.02. The topological polar surface area (TPSA) is 15.9 Å². The summed E-state index contributed by atoms with van der Waals surface area (Å²) in [6, 6.07) is 27.4. The second-order valence-corrected chi connectivity index (χ2v) is 6.98. The minimum Gasteiger partial charge on any atom is -0.361 e. The van der Waals surface area contributed by atoms with Crippen LogP contribution < -0.4 is 9.88 Å². The SMILES string of the molecule is Cc1ccc(NC=Cc2sc3ccccc3[n+]2-c2ccccc2)cc1. The van der Waals surface area contributed by atoms with E-state index >= 15 is 0 Å². The van der Waals surface area contributed by atoms with Gasteiger partial charge in [0.1, 0.15) is 4.70 Å². The first kappa shape index (κ1) is 15.6. The molecule has 122 valence electrons. The third-order valence-corrected chi connectivity index (χ3v) is 5.18. The summed E-state index contributed by atoms with van der Waals surface area (Å²) in [7, 11) is 0. The van der Waals surface area contributed by atoms with Crippen LogP contribution in [0.5, 0.6) is 0 Å². The number of rotatable bonds is 4. The van der Waals surface area contributed by atoms with Gasteiger partial charge in [0.05, 0.1) is 0 Å². The molecule has 0 unspecified atom stereocenters. The highest BCUT2D eigenvalue weighted by Gasteiger charge is 2.20. The Bertz CT molecular complexity index is 1020. The maximum absolute atomic E-state index is 3.36. The Morgan fingerprint density at radius 2 is 1.56 bits per heavy atom. The molecule has 4 aromatic rings. The van der Waals surface area contributed by atoms with Gasteiger partial charge in [0, 0.05) is 36.2 Å². The van der Waals surface area contributed by atoms with Crippen molar-refractivity contribution in [3.05, 3.63) is 95.6 Å². The molecule has 0 fully saturated rings. The van der Waals surface area contributed by atoms with Crippen LogP contribution >= 0.6 is 11.3 Å². The van der Waals surface area contributed by atoms with Crippen LogP contribution in [-0.4, -0.2) is 0 Å². The van der Waals surface area contributed by atoms with Gasteiger partial charge in [-0.05, 0) is 25.1 Å². The van der Waals surface area contributed by atoms with Crippen molar-refractivity contribution in [3.63, 3.8) is 0 Å². The number of para-hydroxylation sites is 2. The highest BCUT2D eigenvalue weighted by atomic mass is 32.1. The molecular weight excluding hydrogens is 324 g/mol. The fourth-order valence-corrected chi connectivity index (χ4v) is 3.88. The van der Waals surface area contributed by atoms with Crippen molar-refractivity contribution in [1.29, 1.82) is 0 Å². The molecule has 0 bridgehead atoms. The third kappa shape index (κ3) is 3.32. The molecule has 0 spiro atoms. The van der Waals surface area contributed by atoms with Crippen LogP contribution in [0.4, 0.5) is 5.69 Å². The number of hydrogen-bond acceptors (Lipinski definition) is 2. The minimum atomic E-state index is 1.09. The van der Waals surface area contributed by atoms with Crippen LogP contribution in [0.15, 0.2) is 85.1 Å².